The Morgan fingerprint density at radius 3 is 2.80 bits per heavy atom. The lowest BCUT2D eigenvalue weighted by Gasteiger charge is -2.10. The van der Waals surface area contributed by atoms with Crippen molar-refractivity contribution in [3.63, 3.8) is 0 Å². The zero-order chi connectivity index (χ0) is 11.5. The van der Waals surface area contributed by atoms with E-state index < -0.39 is 22.0 Å². The average Bonchev–Trinajstić information content (AvgIpc) is 2.69. The molecule has 0 saturated carbocycles. The number of rotatable bonds is 4. The summed E-state index contributed by atoms with van der Waals surface area (Å²) in [5.41, 5.74) is 0. The molecular weight excluding hydrogens is 222 g/mol. The number of carbonyl (C=O) groups excluding carboxylic acids is 1. The Hall–Kier alpha value is -1.41. The highest BCUT2D eigenvalue weighted by Gasteiger charge is 2.22. The second-order valence-electron chi connectivity index (χ2n) is 2.80. The molecule has 1 rings (SSSR count). The van der Waals surface area contributed by atoms with Gasteiger partial charge in [-0.05, 0) is 6.92 Å². The topological polar surface area (TPSA) is 101 Å². The van der Waals surface area contributed by atoms with E-state index in [0.29, 0.717) is 0 Å². The molecule has 8 heteroatoms. The molecule has 0 radical (unpaired) electrons. The third-order valence-electron chi connectivity index (χ3n) is 1.67. The van der Waals surface area contributed by atoms with Crippen LogP contribution in [0.4, 0.5) is 0 Å². The minimum Gasteiger partial charge on any atom is -0.468 e. The van der Waals surface area contributed by atoms with E-state index in [0.717, 1.165) is 6.20 Å². The molecule has 0 amide bonds. The zero-order valence-electron chi connectivity index (χ0n) is 8.22. The van der Waals surface area contributed by atoms with E-state index in [1.54, 1.807) is 0 Å². The summed E-state index contributed by atoms with van der Waals surface area (Å²) in [4.78, 5) is 11.0. The number of aromatic amines is 1. The molecule has 7 nitrogen and oxygen atoms in total. The van der Waals surface area contributed by atoms with Crippen LogP contribution in [-0.4, -0.2) is 37.7 Å². The predicted octanol–water partition coefficient (Wildman–Crippen LogP) is -0.751. The van der Waals surface area contributed by atoms with Crippen molar-refractivity contribution in [2.24, 2.45) is 0 Å². The summed E-state index contributed by atoms with van der Waals surface area (Å²) < 4.78 is 29.6. The van der Waals surface area contributed by atoms with Gasteiger partial charge in [-0.25, -0.2) is 8.42 Å². The normalized spacial score (nSPS) is 13.5. The molecular formula is C7H11N3O4S. The van der Waals surface area contributed by atoms with Gasteiger partial charge in [0.15, 0.2) is 0 Å². The number of ether oxygens (including phenoxy) is 1. The van der Waals surface area contributed by atoms with Crippen molar-refractivity contribution in [2.75, 3.05) is 7.11 Å². The van der Waals surface area contributed by atoms with Crippen LogP contribution < -0.4 is 4.72 Å². The van der Waals surface area contributed by atoms with Crippen LogP contribution in [-0.2, 0) is 19.6 Å². The first kappa shape index (κ1) is 11.7. The Morgan fingerprint density at radius 2 is 2.33 bits per heavy atom. The summed E-state index contributed by atoms with van der Waals surface area (Å²) in [6.45, 7) is 1.39. The van der Waals surface area contributed by atoms with Crippen molar-refractivity contribution >= 4 is 16.0 Å². The molecule has 84 valence electrons. The van der Waals surface area contributed by atoms with Gasteiger partial charge in [-0.3, -0.25) is 9.89 Å². The van der Waals surface area contributed by atoms with Crippen molar-refractivity contribution in [3.8, 4) is 0 Å². The molecule has 0 aliphatic rings. The zero-order valence-corrected chi connectivity index (χ0v) is 9.04. The molecule has 1 unspecified atom stereocenters. The first-order valence-electron chi connectivity index (χ1n) is 4.06. The number of methoxy groups -OCH3 is 1. The Morgan fingerprint density at radius 1 is 1.67 bits per heavy atom. The number of nitrogens with one attached hydrogen (secondary N) is 2. The van der Waals surface area contributed by atoms with E-state index in [1.165, 1.54) is 20.2 Å². The number of nitrogens with zero attached hydrogens (tertiary/aromatic N) is 1. The Bertz CT molecular complexity index is 425. The van der Waals surface area contributed by atoms with Crippen LogP contribution in [0.15, 0.2) is 17.3 Å². The van der Waals surface area contributed by atoms with Crippen LogP contribution in [0.25, 0.3) is 0 Å². The summed E-state index contributed by atoms with van der Waals surface area (Å²) in [6, 6.07) is -0.935. The van der Waals surface area contributed by atoms with E-state index in [2.05, 4.69) is 19.7 Å². The van der Waals surface area contributed by atoms with Gasteiger partial charge in [0, 0.05) is 6.20 Å². The third-order valence-corrected chi connectivity index (χ3v) is 3.18. The fraction of sp³-hybridized carbons (Fsp3) is 0.429. The number of carbonyl (C=O) groups is 1. The summed E-state index contributed by atoms with van der Waals surface area (Å²) in [5.74, 6) is -0.651. The van der Waals surface area contributed by atoms with Gasteiger partial charge in [-0.15, -0.1) is 0 Å². The first-order chi connectivity index (χ1) is 6.97. The molecule has 0 aromatic carbocycles. The molecule has 2 N–H and O–H groups in total. The minimum absolute atomic E-state index is 0.0294. The largest absolute Gasteiger partial charge is 0.468 e. The molecule has 1 aromatic rings. The lowest BCUT2D eigenvalue weighted by Crippen LogP contribution is -2.38. The molecule has 1 heterocycles. The highest BCUT2D eigenvalue weighted by Crippen LogP contribution is 2.05. The molecule has 0 saturated heterocycles. The van der Waals surface area contributed by atoms with Crippen molar-refractivity contribution in [3.05, 3.63) is 12.4 Å². The number of sulfonamides is 1. The van der Waals surface area contributed by atoms with E-state index in [9.17, 15) is 13.2 Å². The standard InChI is InChI=1S/C7H11N3O4S/c1-5(7(11)14-2)10-15(12,13)6-3-8-9-4-6/h3-5,10H,1-2H3,(H,8,9). The minimum atomic E-state index is -3.72. The van der Waals surface area contributed by atoms with Crippen LogP contribution in [0.1, 0.15) is 6.92 Å². The van der Waals surface area contributed by atoms with Gasteiger partial charge in [-0.1, -0.05) is 0 Å². The summed E-state index contributed by atoms with van der Waals surface area (Å²) in [5, 5.41) is 5.87. The SMILES string of the molecule is COC(=O)C(C)NS(=O)(=O)c1cn[nH]c1. The lowest BCUT2D eigenvalue weighted by atomic mass is 10.4. The Balaban J connectivity index is 2.78. The van der Waals surface area contributed by atoms with Crippen LogP contribution >= 0.6 is 0 Å². The van der Waals surface area contributed by atoms with Crippen molar-refractivity contribution in [2.45, 2.75) is 17.9 Å². The third kappa shape index (κ3) is 2.77. The van der Waals surface area contributed by atoms with Crippen LogP contribution in [0, 0.1) is 0 Å². The molecule has 0 bridgehead atoms. The van der Waals surface area contributed by atoms with Crippen molar-refractivity contribution in [1.29, 1.82) is 0 Å². The molecule has 0 aliphatic heterocycles. The molecule has 1 aromatic heterocycles. The van der Waals surface area contributed by atoms with Gasteiger partial charge >= 0.3 is 5.97 Å². The van der Waals surface area contributed by atoms with Crippen molar-refractivity contribution < 1.29 is 17.9 Å². The quantitative estimate of drug-likeness (QED) is 0.666. The molecule has 0 fully saturated rings. The van der Waals surface area contributed by atoms with Gasteiger partial charge in [0.05, 0.1) is 13.3 Å². The van der Waals surface area contributed by atoms with Crippen LogP contribution in [0.3, 0.4) is 0 Å². The maximum absolute atomic E-state index is 11.5. The number of hydrogen-bond donors (Lipinski definition) is 2. The lowest BCUT2D eigenvalue weighted by molar-refractivity contribution is -0.142. The van der Waals surface area contributed by atoms with Gasteiger partial charge in [-0.2, -0.15) is 9.82 Å². The Labute approximate surface area is 86.9 Å². The second-order valence-corrected chi connectivity index (χ2v) is 4.51. The maximum atomic E-state index is 11.5. The number of aromatic nitrogens is 2. The highest BCUT2D eigenvalue weighted by atomic mass is 32.2. The monoisotopic (exact) mass is 233 g/mol. The fourth-order valence-electron chi connectivity index (χ4n) is 0.912. The summed E-state index contributed by atoms with van der Waals surface area (Å²) >= 11 is 0. The van der Waals surface area contributed by atoms with E-state index in [4.69, 9.17) is 0 Å². The fourth-order valence-corrected chi connectivity index (χ4v) is 2.01. The molecule has 0 spiro atoms. The van der Waals surface area contributed by atoms with Crippen LogP contribution in [0.5, 0.6) is 0 Å². The highest BCUT2D eigenvalue weighted by molar-refractivity contribution is 7.89. The molecule has 15 heavy (non-hydrogen) atoms. The van der Waals surface area contributed by atoms with E-state index in [1.807, 2.05) is 0 Å². The van der Waals surface area contributed by atoms with E-state index >= 15 is 0 Å². The summed E-state index contributed by atoms with van der Waals surface area (Å²) in [7, 11) is -2.53. The number of H-pyrrole nitrogens is 1. The van der Waals surface area contributed by atoms with E-state index in [-0.39, 0.29) is 4.90 Å². The summed E-state index contributed by atoms with van der Waals surface area (Å²) in [6.07, 6.45) is 2.36. The maximum Gasteiger partial charge on any atom is 0.323 e. The van der Waals surface area contributed by atoms with Gasteiger partial charge < -0.3 is 4.74 Å². The molecule has 1 atom stereocenters. The van der Waals surface area contributed by atoms with Gasteiger partial charge in [0.25, 0.3) is 0 Å². The van der Waals surface area contributed by atoms with Crippen LogP contribution in [0.2, 0.25) is 0 Å². The average molecular weight is 233 g/mol. The smallest absolute Gasteiger partial charge is 0.323 e. The predicted molar refractivity (Wildman–Crippen MR) is 50.4 cm³/mol. The Kier molecular flexibility index (Phi) is 3.43. The number of esters is 1. The van der Waals surface area contributed by atoms with Gasteiger partial charge in [0.2, 0.25) is 10.0 Å². The number of hydrogen-bond acceptors (Lipinski definition) is 5. The second kappa shape index (κ2) is 4.41. The first-order valence-corrected chi connectivity index (χ1v) is 5.54. The van der Waals surface area contributed by atoms with Crippen molar-refractivity contribution in [1.82, 2.24) is 14.9 Å². The van der Waals surface area contributed by atoms with Gasteiger partial charge in [0.1, 0.15) is 10.9 Å². The molecule has 0 aliphatic carbocycles.